The summed E-state index contributed by atoms with van der Waals surface area (Å²) in [7, 11) is 8.67. The summed E-state index contributed by atoms with van der Waals surface area (Å²) in [6, 6.07) is 10.8. The second-order valence-electron chi connectivity index (χ2n) is 10.1. The van der Waals surface area contributed by atoms with Gasteiger partial charge in [0.1, 0.15) is 5.82 Å². The number of hydrogen-bond acceptors (Lipinski definition) is 6. The summed E-state index contributed by atoms with van der Waals surface area (Å²) in [5, 5.41) is 10.4. The van der Waals surface area contributed by atoms with E-state index < -0.39 is 0 Å². The molecule has 3 aromatic rings. The monoisotopic (exact) mass is 532 g/mol. The molecule has 2 N–H and O–H groups in total. The molecule has 3 heterocycles. The van der Waals surface area contributed by atoms with E-state index in [0.717, 1.165) is 35.6 Å². The van der Waals surface area contributed by atoms with Gasteiger partial charge in [0.2, 0.25) is 0 Å². The predicted octanol–water partition coefficient (Wildman–Crippen LogP) is 3.05. The van der Waals surface area contributed by atoms with Gasteiger partial charge in [-0.1, -0.05) is 19.1 Å². The molecule has 0 fully saturated rings. The Morgan fingerprint density at radius 3 is 2.33 bits per heavy atom. The Balaban J connectivity index is 1.49. The number of carbonyl (C=O) groups excluding carboxylic acids is 3. The Kier molecular flexibility index (Phi) is 8.18. The summed E-state index contributed by atoms with van der Waals surface area (Å²) in [5.41, 5.74) is 4.49. The molecule has 1 aromatic carbocycles. The minimum absolute atomic E-state index is 0.0967. The van der Waals surface area contributed by atoms with Gasteiger partial charge in [-0.2, -0.15) is 5.10 Å². The third-order valence-electron chi connectivity index (χ3n) is 6.87. The number of amides is 4. The molecular formula is C28H36N8O3. The van der Waals surface area contributed by atoms with Crippen LogP contribution in [0.5, 0.6) is 0 Å². The molecule has 2 aromatic heterocycles. The number of pyridine rings is 1. The van der Waals surface area contributed by atoms with Gasteiger partial charge in [-0.25, -0.2) is 9.78 Å². The number of hydrogen-bond donors (Lipinski definition) is 2. The number of urea groups is 1. The van der Waals surface area contributed by atoms with Crippen LogP contribution in [-0.4, -0.2) is 77.1 Å². The van der Waals surface area contributed by atoms with Crippen LogP contribution >= 0.6 is 0 Å². The van der Waals surface area contributed by atoms with Gasteiger partial charge in [0.15, 0.2) is 5.69 Å². The van der Waals surface area contributed by atoms with Crippen molar-refractivity contribution in [2.24, 2.45) is 7.05 Å². The SMILES string of the molecule is CC[C@@H]1CN(c2ccc(C(=O)N(C)C)cn2)Cc2c(C(=O)NCc3ccc(NC(=O)N(C)C)cc3)nn(C)c21. The van der Waals surface area contributed by atoms with E-state index in [1.807, 2.05) is 29.9 Å². The lowest BCUT2D eigenvalue weighted by atomic mass is 9.92. The summed E-state index contributed by atoms with van der Waals surface area (Å²) in [4.78, 5) is 47.1. The first kappa shape index (κ1) is 27.6. The first-order valence-electron chi connectivity index (χ1n) is 12.9. The van der Waals surface area contributed by atoms with Gasteiger partial charge in [0.05, 0.1) is 5.56 Å². The molecule has 39 heavy (non-hydrogen) atoms. The van der Waals surface area contributed by atoms with E-state index >= 15 is 0 Å². The van der Waals surface area contributed by atoms with Crippen LogP contribution in [0.3, 0.4) is 0 Å². The Bertz CT molecular complexity index is 1350. The maximum absolute atomic E-state index is 13.3. The summed E-state index contributed by atoms with van der Waals surface area (Å²) >= 11 is 0. The maximum Gasteiger partial charge on any atom is 0.321 e. The van der Waals surface area contributed by atoms with Crippen LogP contribution in [0, 0.1) is 0 Å². The van der Waals surface area contributed by atoms with Crippen molar-refractivity contribution in [2.75, 3.05) is 45.0 Å². The van der Waals surface area contributed by atoms with Crippen molar-refractivity contribution >= 4 is 29.4 Å². The molecule has 0 saturated heterocycles. The Morgan fingerprint density at radius 2 is 1.74 bits per heavy atom. The average molecular weight is 533 g/mol. The molecule has 0 unspecified atom stereocenters. The fourth-order valence-electron chi connectivity index (χ4n) is 4.70. The molecule has 0 radical (unpaired) electrons. The summed E-state index contributed by atoms with van der Waals surface area (Å²) in [6.45, 7) is 3.70. The van der Waals surface area contributed by atoms with Gasteiger partial charge in [-0.3, -0.25) is 14.3 Å². The average Bonchev–Trinajstić information content (AvgIpc) is 3.27. The normalized spacial score (nSPS) is 14.4. The molecule has 4 amide bonds. The first-order chi connectivity index (χ1) is 18.6. The van der Waals surface area contributed by atoms with E-state index in [2.05, 4.69) is 32.5 Å². The Labute approximate surface area is 228 Å². The number of aryl methyl sites for hydroxylation is 1. The molecule has 11 nitrogen and oxygen atoms in total. The van der Waals surface area contributed by atoms with E-state index in [4.69, 9.17) is 0 Å². The van der Waals surface area contributed by atoms with Crippen molar-refractivity contribution in [1.29, 1.82) is 0 Å². The van der Waals surface area contributed by atoms with E-state index in [9.17, 15) is 14.4 Å². The van der Waals surface area contributed by atoms with Gasteiger partial charge in [-0.05, 0) is 36.2 Å². The van der Waals surface area contributed by atoms with Crippen LogP contribution in [0.25, 0.3) is 0 Å². The number of anilines is 2. The molecule has 0 saturated carbocycles. The number of fused-ring (bicyclic) bond motifs is 1. The molecule has 0 spiro atoms. The predicted molar refractivity (Wildman–Crippen MR) is 150 cm³/mol. The molecule has 1 aliphatic rings. The van der Waals surface area contributed by atoms with Crippen molar-refractivity contribution in [2.45, 2.75) is 32.4 Å². The lowest BCUT2D eigenvalue weighted by Gasteiger charge is -2.34. The quantitative estimate of drug-likeness (QED) is 0.483. The number of carbonyl (C=O) groups is 3. The molecule has 4 rings (SSSR count). The summed E-state index contributed by atoms with van der Waals surface area (Å²) in [5.74, 6) is 0.600. The fraction of sp³-hybridized carbons (Fsp3) is 0.393. The van der Waals surface area contributed by atoms with Crippen LogP contribution in [0.2, 0.25) is 0 Å². The molecule has 11 heteroatoms. The highest BCUT2D eigenvalue weighted by atomic mass is 16.2. The summed E-state index contributed by atoms with van der Waals surface area (Å²) < 4.78 is 1.82. The van der Waals surface area contributed by atoms with Crippen LogP contribution in [0.1, 0.15) is 56.9 Å². The second kappa shape index (κ2) is 11.5. The Morgan fingerprint density at radius 1 is 1.03 bits per heavy atom. The van der Waals surface area contributed by atoms with Gasteiger partial charge in [0, 0.05) is 83.9 Å². The zero-order valence-corrected chi connectivity index (χ0v) is 23.4. The largest absolute Gasteiger partial charge is 0.351 e. The highest BCUT2D eigenvalue weighted by Gasteiger charge is 2.33. The van der Waals surface area contributed by atoms with E-state index in [1.165, 1.54) is 9.80 Å². The van der Waals surface area contributed by atoms with Crippen molar-refractivity contribution in [3.63, 3.8) is 0 Å². The smallest absolute Gasteiger partial charge is 0.321 e. The lowest BCUT2D eigenvalue weighted by Crippen LogP contribution is -2.36. The van der Waals surface area contributed by atoms with Gasteiger partial charge >= 0.3 is 6.03 Å². The maximum atomic E-state index is 13.3. The van der Waals surface area contributed by atoms with Crippen molar-refractivity contribution in [3.05, 3.63) is 70.7 Å². The number of aromatic nitrogens is 3. The van der Waals surface area contributed by atoms with E-state index in [0.29, 0.717) is 30.0 Å². The zero-order valence-electron chi connectivity index (χ0n) is 23.4. The zero-order chi connectivity index (χ0) is 28.3. The molecule has 1 aliphatic heterocycles. The molecule has 206 valence electrons. The topological polar surface area (TPSA) is 116 Å². The fourth-order valence-corrected chi connectivity index (χ4v) is 4.70. The minimum Gasteiger partial charge on any atom is -0.351 e. The number of rotatable bonds is 7. The first-order valence-corrected chi connectivity index (χ1v) is 12.9. The van der Waals surface area contributed by atoms with E-state index in [-0.39, 0.29) is 23.8 Å². The van der Waals surface area contributed by atoms with Crippen molar-refractivity contribution in [3.8, 4) is 0 Å². The molecule has 0 aliphatic carbocycles. The highest BCUT2D eigenvalue weighted by molar-refractivity contribution is 5.95. The molecule has 0 bridgehead atoms. The van der Waals surface area contributed by atoms with Crippen LogP contribution in [0.4, 0.5) is 16.3 Å². The summed E-state index contributed by atoms with van der Waals surface area (Å²) in [6.07, 6.45) is 2.49. The van der Waals surface area contributed by atoms with E-state index in [1.54, 1.807) is 52.6 Å². The Hall–Kier alpha value is -4.41. The number of nitrogens with zero attached hydrogens (tertiary/aromatic N) is 6. The lowest BCUT2D eigenvalue weighted by molar-refractivity contribution is 0.0826. The second-order valence-corrected chi connectivity index (χ2v) is 10.1. The molecular weight excluding hydrogens is 496 g/mol. The van der Waals surface area contributed by atoms with Gasteiger partial charge in [-0.15, -0.1) is 0 Å². The third kappa shape index (κ3) is 6.02. The third-order valence-corrected chi connectivity index (χ3v) is 6.87. The minimum atomic E-state index is -0.242. The number of benzene rings is 1. The standard InChI is InChI=1S/C28H36N8O3/c1-7-19-16-36(23-13-10-20(15-29-23)27(38)33(2)3)17-22-24(32-35(6)25(19)22)26(37)30-14-18-8-11-21(12-9-18)31-28(39)34(4)5/h8-13,15,19H,7,14,16-17H2,1-6H3,(H,30,37)(H,31,39)/t19-/m1/s1. The van der Waals surface area contributed by atoms with Gasteiger partial charge in [0.25, 0.3) is 11.8 Å². The van der Waals surface area contributed by atoms with Crippen LogP contribution in [0.15, 0.2) is 42.6 Å². The molecule has 1 atom stereocenters. The highest BCUT2D eigenvalue weighted by Crippen LogP contribution is 2.34. The number of nitrogens with one attached hydrogen (secondary N) is 2. The van der Waals surface area contributed by atoms with Gasteiger partial charge < -0.3 is 25.3 Å². The van der Waals surface area contributed by atoms with Crippen molar-refractivity contribution < 1.29 is 14.4 Å². The van der Waals surface area contributed by atoms with Crippen molar-refractivity contribution in [1.82, 2.24) is 29.9 Å². The van der Waals surface area contributed by atoms with Crippen LogP contribution in [-0.2, 0) is 20.1 Å². The van der Waals surface area contributed by atoms with Crippen LogP contribution < -0.4 is 15.5 Å².